The van der Waals surface area contributed by atoms with E-state index < -0.39 is 0 Å². The molecular formula is C18H25NO2. The first-order valence-electron chi connectivity index (χ1n) is 8.07. The van der Waals surface area contributed by atoms with Crippen LogP contribution in [0, 0.1) is 0 Å². The fraction of sp³-hybridized carbons (Fsp3) is 0.556. The first-order chi connectivity index (χ1) is 10.2. The number of para-hydroxylation sites is 1. The Balaban J connectivity index is 1.82. The number of rotatable bonds is 4. The van der Waals surface area contributed by atoms with Gasteiger partial charge in [-0.05, 0) is 39.2 Å². The Morgan fingerprint density at radius 2 is 2.14 bits per heavy atom. The molecule has 1 aliphatic heterocycles. The van der Waals surface area contributed by atoms with E-state index in [0.717, 1.165) is 37.2 Å². The van der Waals surface area contributed by atoms with Gasteiger partial charge in [-0.1, -0.05) is 25.1 Å². The molecule has 114 valence electrons. The zero-order chi connectivity index (χ0) is 14.8. The molecule has 1 saturated heterocycles. The van der Waals surface area contributed by atoms with Crippen molar-refractivity contribution in [3.05, 3.63) is 35.6 Å². The van der Waals surface area contributed by atoms with Crippen molar-refractivity contribution in [3.8, 4) is 0 Å². The molecule has 2 aromatic rings. The van der Waals surface area contributed by atoms with E-state index in [4.69, 9.17) is 9.15 Å². The van der Waals surface area contributed by atoms with Gasteiger partial charge in [-0.3, -0.25) is 0 Å². The molecule has 3 rings (SSSR count). The van der Waals surface area contributed by atoms with Crippen LogP contribution in [-0.4, -0.2) is 18.8 Å². The minimum Gasteiger partial charge on any atom is -0.459 e. The molecule has 0 spiro atoms. The lowest BCUT2D eigenvalue weighted by molar-refractivity contribution is 0.0111. The van der Waals surface area contributed by atoms with E-state index in [1.807, 2.05) is 6.07 Å². The molecule has 3 nitrogen and oxygen atoms in total. The van der Waals surface area contributed by atoms with E-state index in [9.17, 15) is 0 Å². The van der Waals surface area contributed by atoms with Crippen LogP contribution in [0.3, 0.4) is 0 Å². The van der Waals surface area contributed by atoms with Gasteiger partial charge in [-0.25, -0.2) is 0 Å². The molecule has 0 aliphatic carbocycles. The largest absolute Gasteiger partial charge is 0.459 e. The van der Waals surface area contributed by atoms with Crippen molar-refractivity contribution >= 4 is 11.0 Å². The van der Waals surface area contributed by atoms with Gasteiger partial charge >= 0.3 is 0 Å². The molecular weight excluding hydrogens is 262 g/mol. The van der Waals surface area contributed by atoms with Crippen LogP contribution in [0.1, 0.15) is 51.0 Å². The fourth-order valence-corrected chi connectivity index (χ4v) is 3.41. The Labute approximate surface area is 126 Å². The third-order valence-corrected chi connectivity index (χ3v) is 4.45. The summed E-state index contributed by atoms with van der Waals surface area (Å²) in [5.41, 5.74) is 2.34. The van der Waals surface area contributed by atoms with Crippen LogP contribution in [0.15, 0.2) is 28.7 Å². The predicted octanol–water partition coefficient (Wildman–Crippen LogP) is 4.21. The molecule has 2 heterocycles. The maximum atomic E-state index is 6.13. The fourth-order valence-electron chi connectivity index (χ4n) is 3.41. The van der Waals surface area contributed by atoms with Gasteiger partial charge in [-0.15, -0.1) is 0 Å². The van der Waals surface area contributed by atoms with Crippen LogP contribution >= 0.6 is 0 Å². The molecule has 1 N–H and O–H groups in total. The topological polar surface area (TPSA) is 34.4 Å². The maximum Gasteiger partial charge on any atom is 0.134 e. The quantitative estimate of drug-likeness (QED) is 0.914. The van der Waals surface area contributed by atoms with Gasteiger partial charge in [0.1, 0.15) is 11.3 Å². The lowest BCUT2D eigenvalue weighted by Crippen LogP contribution is -2.39. The number of hydrogen-bond acceptors (Lipinski definition) is 3. The summed E-state index contributed by atoms with van der Waals surface area (Å²) in [6, 6.07) is 9.09. The summed E-state index contributed by atoms with van der Waals surface area (Å²) in [7, 11) is 0. The molecule has 3 heteroatoms. The van der Waals surface area contributed by atoms with Crippen molar-refractivity contribution in [1.82, 2.24) is 5.32 Å². The van der Waals surface area contributed by atoms with Gasteiger partial charge in [0, 0.05) is 23.6 Å². The summed E-state index contributed by atoms with van der Waals surface area (Å²) in [5, 5.41) is 4.98. The SMILES string of the molecule is CCc1c(C(C)NC2CCOC(C)C2)oc2ccccc12. The standard InChI is InChI=1S/C18H25NO2/c1-4-15-16-7-5-6-8-17(16)21-18(15)13(3)19-14-9-10-20-12(2)11-14/h5-8,12-14,19H,4,9-11H2,1-3H3. The number of aryl methyl sites for hydroxylation is 1. The number of benzene rings is 1. The van der Waals surface area contributed by atoms with Crippen molar-refractivity contribution in [3.63, 3.8) is 0 Å². The number of ether oxygens (including phenoxy) is 1. The highest BCUT2D eigenvalue weighted by molar-refractivity contribution is 5.82. The van der Waals surface area contributed by atoms with Crippen LogP contribution in [0.5, 0.6) is 0 Å². The Bertz CT molecular complexity index is 604. The summed E-state index contributed by atoms with van der Waals surface area (Å²) in [6.45, 7) is 7.41. The van der Waals surface area contributed by atoms with Crippen LogP contribution < -0.4 is 5.32 Å². The monoisotopic (exact) mass is 287 g/mol. The minimum absolute atomic E-state index is 0.239. The molecule has 1 aliphatic rings. The number of hydrogen-bond donors (Lipinski definition) is 1. The van der Waals surface area contributed by atoms with Gasteiger partial charge in [0.05, 0.1) is 12.1 Å². The van der Waals surface area contributed by atoms with E-state index >= 15 is 0 Å². The Morgan fingerprint density at radius 1 is 1.33 bits per heavy atom. The van der Waals surface area contributed by atoms with E-state index in [1.165, 1.54) is 10.9 Å². The highest BCUT2D eigenvalue weighted by Gasteiger charge is 2.24. The zero-order valence-corrected chi connectivity index (χ0v) is 13.2. The number of fused-ring (bicyclic) bond motifs is 1. The average molecular weight is 287 g/mol. The normalized spacial score (nSPS) is 24.3. The number of furan rings is 1. The lowest BCUT2D eigenvalue weighted by Gasteiger charge is -2.30. The molecule has 0 bridgehead atoms. The maximum absolute atomic E-state index is 6.13. The van der Waals surface area contributed by atoms with Gasteiger partial charge in [0.15, 0.2) is 0 Å². The van der Waals surface area contributed by atoms with Gasteiger partial charge in [-0.2, -0.15) is 0 Å². The van der Waals surface area contributed by atoms with Crippen molar-refractivity contribution in [2.24, 2.45) is 0 Å². The van der Waals surface area contributed by atoms with Crippen LogP contribution in [0.2, 0.25) is 0 Å². The van der Waals surface area contributed by atoms with Crippen LogP contribution in [0.25, 0.3) is 11.0 Å². The van der Waals surface area contributed by atoms with E-state index in [2.05, 4.69) is 44.3 Å². The van der Waals surface area contributed by atoms with E-state index in [1.54, 1.807) is 0 Å². The molecule has 0 radical (unpaired) electrons. The van der Waals surface area contributed by atoms with Crippen molar-refractivity contribution in [2.75, 3.05) is 6.61 Å². The first-order valence-corrected chi connectivity index (χ1v) is 8.07. The van der Waals surface area contributed by atoms with E-state index in [0.29, 0.717) is 12.1 Å². The molecule has 0 amide bonds. The third kappa shape index (κ3) is 2.99. The van der Waals surface area contributed by atoms with Gasteiger partial charge < -0.3 is 14.5 Å². The molecule has 1 aromatic carbocycles. The molecule has 1 aromatic heterocycles. The minimum atomic E-state index is 0.239. The average Bonchev–Trinajstić information content (AvgIpc) is 2.86. The Kier molecular flexibility index (Phi) is 4.32. The number of nitrogens with one attached hydrogen (secondary N) is 1. The predicted molar refractivity (Wildman–Crippen MR) is 85.6 cm³/mol. The molecule has 1 fully saturated rings. The third-order valence-electron chi connectivity index (χ3n) is 4.45. The van der Waals surface area contributed by atoms with Crippen LogP contribution in [-0.2, 0) is 11.2 Å². The van der Waals surface area contributed by atoms with Crippen molar-refractivity contribution in [2.45, 2.75) is 58.2 Å². The second-order valence-electron chi connectivity index (χ2n) is 6.09. The second-order valence-corrected chi connectivity index (χ2v) is 6.09. The van der Waals surface area contributed by atoms with Gasteiger partial charge in [0.2, 0.25) is 0 Å². The molecule has 3 unspecified atom stereocenters. The Hall–Kier alpha value is -1.32. The molecule has 0 saturated carbocycles. The Morgan fingerprint density at radius 3 is 2.90 bits per heavy atom. The highest BCUT2D eigenvalue weighted by atomic mass is 16.5. The van der Waals surface area contributed by atoms with E-state index in [-0.39, 0.29) is 6.04 Å². The summed E-state index contributed by atoms with van der Waals surface area (Å²) >= 11 is 0. The zero-order valence-electron chi connectivity index (χ0n) is 13.2. The first kappa shape index (κ1) is 14.6. The van der Waals surface area contributed by atoms with Crippen LogP contribution in [0.4, 0.5) is 0 Å². The van der Waals surface area contributed by atoms with Crippen molar-refractivity contribution in [1.29, 1.82) is 0 Å². The summed E-state index contributed by atoms with van der Waals surface area (Å²) in [5.74, 6) is 1.10. The molecule has 21 heavy (non-hydrogen) atoms. The highest BCUT2D eigenvalue weighted by Crippen LogP contribution is 2.31. The molecule has 3 atom stereocenters. The van der Waals surface area contributed by atoms with Gasteiger partial charge in [0.25, 0.3) is 0 Å². The smallest absolute Gasteiger partial charge is 0.134 e. The summed E-state index contributed by atoms with van der Waals surface area (Å²) in [6.07, 6.45) is 3.51. The van der Waals surface area contributed by atoms with Crippen molar-refractivity contribution < 1.29 is 9.15 Å². The summed E-state index contributed by atoms with van der Waals surface area (Å²) in [4.78, 5) is 0. The summed E-state index contributed by atoms with van der Waals surface area (Å²) < 4.78 is 11.8. The second kappa shape index (κ2) is 6.20. The lowest BCUT2D eigenvalue weighted by atomic mass is 10.0.